The van der Waals surface area contributed by atoms with Crippen molar-refractivity contribution >= 4 is 42.1 Å². The first-order valence-electron chi connectivity index (χ1n) is 4.51. The number of rotatable bonds is 4. The van der Waals surface area contributed by atoms with Gasteiger partial charge in [0.05, 0.1) is 23.8 Å². The second-order valence-electron chi connectivity index (χ2n) is 3.47. The van der Waals surface area contributed by atoms with E-state index in [4.69, 9.17) is 5.73 Å². The Morgan fingerprint density at radius 1 is 1.56 bits per heavy atom. The van der Waals surface area contributed by atoms with Crippen molar-refractivity contribution in [3.63, 3.8) is 0 Å². The molecule has 0 aliphatic heterocycles. The van der Waals surface area contributed by atoms with Crippen molar-refractivity contribution in [2.24, 2.45) is 11.7 Å². The van der Waals surface area contributed by atoms with Gasteiger partial charge in [0.25, 0.3) is 0 Å². The zero-order valence-electron chi connectivity index (χ0n) is 9.17. The van der Waals surface area contributed by atoms with Crippen molar-refractivity contribution in [2.75, 3.05) is 0 Å². The van der Waals surface area contributed by atoms with Gasteiger partial charge in [-0.15, -0.1) is 36.2 Å². The SMILES string of the molecule is CC(C)[C@@H](N)C(=O)NCc1cscn1.Cl.Cl. The lowest BCUT2D eigenvalue weighted by atomic mass is 10.1. The van der Waals surface area contributed by atoms with E-state index in [0.717, 1.165) is 5.69 Å². The Balaban J connectivity index is 0. The molecule has 94 valence electrons. The predicted molar refractivity (Wildman–Crippen MR) is 71.3 cm³/mol. The number of carbonyl (C=O) groups is 1. The molecule has 0 radical (unpaired) electrons. The van der Waals surface area contributed by atoms with Gasteiger partial charge in [0.15, 0.2) is 0 Å². The third-order valence-corrected chi connectivity index (χ3v) is 2.58. The van der Waals surface area contributed by atoms with Crippen LogP contribution in [0.1, 0.15) is 19.5 Å². The highest BCUT2D eigenvalue weighted by Gasteiger charge is 2.16. The van der Waals surface area contributed by atoms with Crippen molar-refractivity contribution < 1.29 is 4.79 Å². The topological polar surface area (TPSA) is 68.0 Å². The normalized spacial score (nSPS) is 11.2. The summed E-state index contributed by atoms with van der Waals surface area (Å²) in [5.74, 6) is 0.0402. The second-order valence-corrected chi connectivity index (χ2v) is 4.19. The summed E-state index contributed by atoms with van der Waals surface area (Å²) in [5.41, 5.74) is 8.28. The molecule has 4 nitrogen and oxygen atoms in total. The van der Waals surface area contributed by atoms with E-state index in [2.05, 4.69) is 10.3 Å². The van der Waals surface area contributed by atoms with E-state index in [-0.39, 0.29) is 36.6 Å². The first-order chi connectivity index (χ1) is 6.61. The Labute approximate surface area is 112 Å². The number of thiazole rings is 1. The zero-order valence-corrected chi connectivity index (χ0v) is 11.6. The summed E-state index contributed by atoms with van der Waals surface area (Å²) in [6, 6.07) is -0.436. The van der Waals surface area contributed by atoms with Gasteiger partial charge in [0.1, 0.15) is 0 Å². The molecular weight excluding hydrogens is 269 g/mol. The maximum Gasteiger partial charge on any atom is 0.237 e. The van der Waals surface area contributed by atoms with Crippen LogP contribution in [0.3, 0.4) is 0 Å². The number of hydrogen-bond acceptors (Lipinski definition) is 4. The zero-order chi connectivity index (χ0) is 10.6. The summed E-state index contributed by atoms with van der Waals surface area (Å²) in [6.07, 6.45) is 0. The molecule has 7 heteroatoms. The van der Waals surface area contributed by atoms with Crippen LogP contribution in [-0.2, 0) is 11.3 Å². The van der Waals surface area contributed by atoms with Crippen molar-refractivity contribution in [1.82, 2.24) is 10.3 Å². The van der Waals surface area contributed by atoms with Gasteiger partial charge in [-0.3, -0.25) is 4.79 Å². The predicted octanol–water partition coefficient (Wildman–Crippen LogP) is 1.59. The number of halogens is 2. The highest BCUT2D eigenvalue weighted by atomic mass is 35.5. The van der Waals surface area contributed by atoms with Crippen LogP contribution in [0.5, 0.6) is 0 Å². The number of hydrogen-bond donors (Lipinski definition) is 2. The number of nitrogens with zero attached hydrogens (tertiary/aromatic N) is 1. The van der Waals surface area contributed by atoms with Gasteiger partial charge in [-0.05, 0) is 5.92 Å². The van der Waals surface area contributed by atoms with Gasteiger partial charge < -0.3 is 11.1 Å². The minimum absolute atomic E-state index is 0. The first kappa shape index (κ1) is 18.0. The lowest BCUT2D eigenvalue weighted by molar-refractivity contribution is -0.123. The molecule has 16 heavy (non-hydrogen) atoms. The Morgan fingerprint density at radius 2 is 2.19 bits per heavy atom. The van der Waals surface area contributed by atoms with Crippen LogP contribution in [0.15, 0.2) is 10.9 Å². The molecule has 1 aromatic heterocycles. The molecule has 0 aliphatic rings. The fourth-order valence-electron chi connectivity index (χ4n) is 0.923. The van der Waals surface area contributed by atoms with E-state index in [1.54, 1.807) is 5.51 Å². The molecule has 1 aromatic rings. The van der Waals surface area contributed by atoms with E-state index < -0.39 is 6.04 Å². The average Bonchev–Trinajstić information content (AvgIpc) is 2.65. The quantitative estimate of drug-likeness (QED) is 0.883. The summed E-state index contributed by atoms with van der Waals surface area (Å²) in [5, 5.41) is 4.65. The molecule has 1 atom stereocenters. The number of amides is 1. The molecule has 1 heterocycles. The Kier molecular flexibility index (Phi) is 9.86. The number of nitrogens with two attached hydrogens (primary N) is 1. The molecule has 0 unspecified atom stereocenters. The highest BCUT2D eigenvalue weighted by Crippen LogP contribution is 2.01. The number of aromatic nitrogens is 1. The smallest absolute Gasteiger partial charge is 0.237 e. The fourth-order valence-corrected chi connectivity index (χ4v) is 1.48. The summed E-state index contributed by atoms with van der Waals surface area (Å²) in [6.45, 7) is 4.31. The highest BCUT2D eigenvalue weighted by molar-refractivity contribution is 7.07. The van der Waals surface area contributed by atoms with Gasteiger partial charge in [-0.1, -0.05) is 13.8 Å². The average molecular weight is 286 g/mol. The molecule has 0 saturated heterocycles. The van der Waals surface area contributed by atoms with Crippen LogP contribution in [0.4, 0.5) is 0 Å². The largest absolute Gasteiger partial charge is 0.349 e. The summed E-state index contributed by atoms with van der Waals surface area (Å²) >= 11 is 1.51. The van der Waals surface area contributed by atoms with Crippen molar-refractivity contribution in [3.05, 3.63) is 16.6 Å². The molecule has 0 saturated carbocycles. The van der Waals surface area contributed by atoms with Crippen LogP contribution < -0.4 is 11.1 Å². The van der Waals surface area contributed by atoms with E-state index in [1.807, 2.05) is 19.2 Å². The summed E-state index contributed by atoms with van der Waals surface area (Å²) in [7, 11) is 0. The van der Waals surface area contributed by atoms with Gasteiger partial charge >= 0.3 is 0 Å². The maximum atomic E-state index is 11.4. The summed E-state index contributed by atoms with van der Waals surface area (Å²) in [4.78, 5) is 15.5. The standard InChI is InChI=1S/C9H15N3OS.2ClH/c1-6(2)8(10)9(13)11-3-7-4-14-5-12-7;;/h4-6,8H,3,10H2,1-2H3,(H,11,13);2*1H/t8-;;/m1../s1. The fraction of sp³-hybridized carbons (Fsp3) is 0.556. The Bertz CT molecular complexity index is 293. The van der Waals surface area contributed by atoms with Crippen molar-refractivity contribution in [2.45, 2.75) is 26.4 Å². The second kappa shape index (κ2) is 8.75. The Morgan fingerprint density at radius 3 is 2.62 bits per heavy atom. The van der Waals surface area contributed by atoms with Crippen LogP contribution in [0.2, 0.25) is 0 Å². The summed E-state index contributed by atoms with van der Waals surface area (Å²) < 4.78 is 0. The number of carbonyl (C=O) groups excluding carboxylic acids is 1. The van der Waals surface area contributed by atoms with Crippen LogP contribution in [-0.4, -0.2) is 16.9 Å². The third-order valence-electron chi connectivity index (χ3n) is 1.95. The molecule has 1 rings (SSSR count). The molecular formula is C9H17Cl2N3OS. The minimum atomic E-state index is -0.436. The molecule has 0 aromatic carbocycles. The van der Waals surface area contributed by atoms with Crippen LogP contribution in [0, 0.1) is 5.92 Å². The minimum Gasteiger partial charge on any atom is -0.349 e. The Hall–Kier alpha value is -0.360. The van der Waals surface area contributed by atoms with Gasteiger partial charge in [-0.25, -0.2) is 4.98 Å². The monoisotopic (exact) mass is 285 g/mol. The van der Waals surface area contributed by atoms with E-state index in [1.165, 1.54) is 11.3 Å². The van der Waals surface area contributed by atoms with Gasteiger partial charge in [0, 0.05) is 5.38 Å². The van der Waals surface area contributed by atoms with Crippen molar-refractivity contribution in [3.8, 4) is 0 Å². The van der Waals surface area contributed by atoms with E-state index in [9.17, 15) is 4.79 Å². The molecule has 1 amide bonds. The van der Waals surface area contributed by atoms with Crippen molar-refractivity contribution in [1.29, 1.82) is 0 Å². The van der Waals surface area contributed by atoms with Gasteiger partial charge in [-0.2, -0.15) is 0 Å². The molecule has 0 aliphatic carbocycles. The first-order valence-corrected chi connectivity index (χ1v) is 5.46. The molecule has 0 bridgehead atoms. The molecule has 0 spiro atoms. The third kappa shape index (κ3) is 5.65. The lowest BCUT2D eigenvalue weighted by Gasteiger charge is -2.14. The van der Waals surface area contributed by atoms with Gasteiger partial charge in [0.2, 0.25) is 5.91 Å². The lowest BCUT2D eigenvalue weighted by Crippen LogP contribution is -2.43. The van der Waals surface area contributed by atoms with E-state index in [0.29, 0.717) is 6.54 Å². The van der Waals surface area contributed by atoms with E-state index >= 15 is 0 Å². The molecule has 0 fully saturated rings. The number of nitrogens with one attached hydrogen (secondary N) is 1. The van der Waals surface area contributed by atoms with Crippen LogP contribution >= 0.6 is 36.2 Å². The maximum absolute atomic E-state index is 11.4. The molecule has 3 N–H and O–H groups in total. The van der Waals surface area contributed by atoms with Crippen LogP contribution in [0.25, 0.3) is 0 Å².